The number of nitro groups is 2. The van der Waals surface area contributed by atoms with E-state index in [9.17, 15) is 20.2 Å². The van der Waals surface area contributed by atoms with Gasteiger partial charge >= 0.3 is 0 Å². The summed E-state index contributed by atoms with van der Waals surface area (Å²) < 4.78 is 5.07. The van der Waals surface area contributed by atoms with Crippen LogP contribution in [0.4, 0.5) is 11.4 Å². The van der Waals surface area contributed by atoms with Crippen LogP contribution in [0.2, 0.25) is 0 Å². The van der Waals surface area contributed by atoms with E-state index in [1.54, 1.807) is 14.0 Å². The number of halogens is 1. The van der Waals surface area contributed by atoms with E-state index in [4.69, 9.17) is 16.3 Å². The largest absolute Gasteiger partial charge is 0.497 e. The van der Waals surface area contributed by atoms with Gasteiger partial charge in [-0.25, -0.2) is 0 Å². The highest BCUT2D eigenvalue weighted by molar-refractivity contribution is 6.31. The van der Waals surface area contributed by atoms with E-state index < -0.39 is 9.85 Å². The second-order valence-corrected chi connectivity index (χ2v) is 5.98. The van der Waals surface area contributed by atoms with Crippen LogP contribution in [0.5, 0.6) is 0 Å². The third-order valence-electron chi connectivity index (χ3n) is 3.61. The molecule has 1 atom stereocenters. The molecule has 27 heavy (non-hydrogen) atoms. The Kier molecular flexibility index (Phi) is 8.34. The zero-order valence-electron chi connectivity index (χ0n) is 15.4. The standard InChI is InChI=1S/C9H11ClO.C9H9N3O4/c1-7-5-8(10)3-4-9(6-7)11-2;1-6(10-2)8-4-3-7(11(13)14)5-9(8)12(15)16/h3-7H,1-2H3;3-5H,1-2H3. The highest BCUT2D eigenvalue weighted by atomic mass is 35.5. The third kappa shape index (κ3) is 6.67. The molecule has 2 rings (SSSR count). The lowest BCUT2D eigenvalue weighted by Gasteiger charge is -2.01. The fourth-order valence-corrected chi connectivity index (χ4v) is 2.44. The van der Waals surface area contributed by atoms with E-state index in [0.29, 0.717) is 11.6 Å². The van der Waals surface area contributed by atoms with Gasteiger partial charge in [-0.1, -0.05) is 24.6 Å². The number of rotatable bonds is 4. The van der Waals surface area contributed by atoms with Crippen molar-refractivity contribution in [3.05, 3.63) is 79.1 Å². The summed E-state index contributed by atoms with van der Waals surface area (Å²) in [4.78, 5) is 23.7. The fraction of sp³-hybridized carbons (Fsp3) is 0.278. The first kappa shape index (κ1) is 22.0. The first-order chi connectivity index (χ1) is 12.7. The lowest BCUT2D eigenvalue weighted by Crippen LogP contribution is -2.02. The Bertz CT molecular complexity index is 843. The van der Waals surface area contributed by atoms with Gasteiger partial charge in [-0.2, -0.15) is 0 Å². The quantitative estimate of drug-likeness (QED) is 0.415. The first-order valence-electron chi connectivity index (χ1n) is 7.87. The van der Waals surface area contributed by atoms with Gasteiger partial charge in [-0.15, -0.1) is 0 Å². The molecule has 0 aromatic heterocycles. The van der Waals surface area contributed by atoms with Crippen LogP contribution in [0.15, 0.2) is 58.3 Å². The Morgan fingerprint density at radius 3 is 2.37 bits per heavy atom. The SMILES string of the molecule is CN=C(C)c1ccc([N+](=O)[O-])cc1[N+](=O)[O-].COC1=CC(C)C=C(Cl)C=C1. The van der Waals surface area contributed by atoms with E-state index in [-0.39, 0.29) is 16.9 Å². The van der Waals surface area contributed by atoms with Crippen LogP contribution in [-0.2, 0) is 4.74 Å². The van der Waals surface area contributed by atoms with Crippen molar-refractivity contribution < 1.29 is 14.6 Å². The molecule has 8 nitrogen and oxygen atoms in total. The fourth-order valence-electron chi connectivity index (χ4n) is 2.18. The Balaban J connectivity index is 0.000000289. The highest BCUT2D eigenvalue weighted by Crippen LogP contribution is 2.25. The van der Waals surface area contributed by atoms with Crippen LogP contribution >= 0.6 is 11.6 Å². The van der Waals surface area contributed by atoms with Gasteiger partial charge in [0.05, 0.1) is 28.6 Å². The number of non-ortho nitro benzene ring substituents is 1. The summed E-state index contributed by atoms with van der Waals surface area (Å²) in [7, 11) is 3.16. The molecule has 0 saturated carbocycles. The Morgan fingerprint density at radius 2 is 1.85 bits per heavy atom. The molecular formula is C18H20ClN3O5. The van der Waals surface area contributed by atoms with E-state index in [0.717, 1.165) is 16.9 Å². The highest BCUT2D eigenvalue weighted by Gasteiger charge is 2.20. The van der Waals surface area contributed by atoms with Gasteiger partial charge in [0.1, 0.15) is 5.76 Å². The number of hydrogen-bond donors (Lipinski definition) is 0. The smallest absolute Gasteiger partial charge is 0.285 e. The van der Waals surface area contributed by atoms with Crippen molar-refractivity contribution in [3.63, 3.8) is 0 Å². The number of methoxy groups -OCH3 is 1. The molecule has 144 valence electrons. The molecule has 1 aliphatic carbocycles. The number of aliphatic imine (C=N–C) groups is 1. The minimum atomic E-state index is -0.671. The number of ether oxygens (including phenoxy) is 1. The van der Waals surface area contributed by atoms with Crippen molar-refractivity contribution in [2.75, 3.05) is 14.2 Å². The maximum Gasteiger partial charge on any atom is 0.285 e. The molecule has 0 fully saturated rings. The summed E-state index contributed by atoms with van der Waals surface area (Å²) in [5.41, 5.74) is 0.136. The van der Waals surface area contributed by atoms with Gasteiger partial charge < -0.3 is 4.74 Å². The molecule has 0 heterocycles. The lowest BCUT2D eigenvalue weighted by atomic mass is 10.1. The first-order valence-corrected chi connectivity index (χ1v) is 8.25. The molecule has 1 unspecified atom stereocenters. The van der Waals surface area contributed by atoms with Crippen molar-refractivity contribution in [3.8, 4) is 0 Å². The summed E-state index contributed by atoms with van der Waals surface area (Å²) in [6.45, 7) is 3.67. The Hall–Kier alpha value is -3.00. The molecule has 0 amide bonds. The van der Waals surface area contributed by atoms with Gasteiger partial charge in [0.25, 0.3) is 11.4 Å². The molecule has 9 heteroatoms. The summed E-state index contributed by atoms with van der Waals surface area (Å²) in [6, 6.07) is 3.49. The molecule has 0 saturated heterocycles. The van der Waals surface area contributed by atoms with Crippen LogP contribution in [-0.4, -0.2) is 29.7 Å². The van der Waals surface area contributed by atoms with Gasteiger partial charge in [-0.05, 0) is 37.1 Å². The summed E-state index contributed by atoms with van der Waals surface area (Å²) in [6.07, 6.45) is 7.69. The third-order valence-corrected chi connectivity index (χ3v) is 3.86. The van der Waals surface area contributed by atoms with E-state index >= 15 is 0 Å². The second-order valence-electron chi connectivity index (χ2n) is 5.54. The van der Waals surface area contributed by atoms with Crippen LogP contribution in [0.25, 0.3) is 0 Å². The number of benzene rings is 1. The predicted octanol–water partition coefficient (Wildman–Crippen LogP) is 4.79. The minimum Gasteiger partial charge on any atom is -0.497 e. The summed E-state index contributed by atoms with van der Waals surface area (Å²) >= 11 is 5.82. The van der Waals surface area contributed by atoms with E-state index in [1.165, 1.54) is 19.2 Å². The topological polar surface area (TPSA) is 108 Å². The van der Waals surface area contributed by atoms with Crippen molar-refractivity contribution in [1.82, 2.24) is 0 Å². The molecule has 1 aromatic rings. The molecule has 1 aromatic carbocycles. The van der Waals surface area contributed by atoms with Crippen molar-refractivity contribution >= 4 is 28.7 Å². The zero-order chi connectivity index (χ0) is 20.6. The predicted molar refractivity (Wildman–Crippen MR) is 105 cm³/mol. The number of nitro benzene ring substituents is 2. The van der Waals surface area contributed by atoms with Crippen LogP contribution in [0, 0.1) is 26.1 Å². The zero-order valence-corrected chi connectivity index (χ0v) is 16.1. The Morgan fingerprint density at radius 1 is 1.19 bits per heavy atom. The monoisotopic (exact) mass is 393 g/mol. The normalized spacial score (nSPS) is 16.3. The van der Waals surface area contributed by atoms with Crippen LogP contribution in [0.1, 0.15) is 19.4 Å². The van der Waals surface area contributed by atoms with Gasteiger partial charge in [0, 0.05) is 23.9 Å². The van der Waals surface area contributed by atoms with Gasteiger partial charge in [0.2, 0.25) is 0 Å². The van der Waals surface area contributed by atoms with Crippen molar-refractivity contribution in [2.24, 2.45) is 10.9 Å². The summed E-state index contributed by atoms with van der Waals surface area (Å²) in [5.74, 6) is 1.21. The molecule has 0 aliphatic heterocycles. The molecule has 0 spiro atoms. The van der Waals surface area contributed by atoms with Crippen molar-refractivity contribution in [1.29, 1.82) is 0 Å². The van der Waals surface area contributed by atoms with Crippen LogP contribution in [0.3, 0.4) is 0 Å². The van der Waals surface area contributed by atoms with E-state index in [1.807, 2.05) is 24.3 Å². The van der Waals surface area contributed by atoms with Gasteiger partial charge in [0.15, 0.2) is 0 Å². The molecule has 0 bridgehead atoms. The molecule has 1 aliphatic rings. The molecular weight excluding hydrogens is 374 g/mol. The van der Waals surface area contributed by atoms with E-state index in [2.05, 4.69) is 11.9 Å². The Labute approximate surface area is 161 Å². The average molecular weight is 394 g/mol. The second kappa shape index (κ2) is 10.2. The summed E-state index contributed by atoms with van der Waals surface area (Å²) in [5, 5.41) is 22.0. The number of nitrogens with zero attached hydrogens (tertiary/aromatic N) is 3. The maximum absolute atomic E-state index is 10.7. The van der Waals surface area contributed by atoms with Gasteiger partial charge in [-0.3, -0.25) is 25.2 Å². The molecule has 0 N–H and O–H groups in total. The van der Waals surface area contributed by atoms with Crippen molar-refractivity contribution in [2.45, 2.75) is 13.8 Å². The van der Waals surface area contributed by atoms with Crippen LogP contribution < -0.4 is 0 Å². The minimum absolute atomic E-state index is 0.290. The molecule has 0 radical (unpaired) electrons. The number of allylic oxidation sites excluding steroid dienone is 5. The lowest BCUT2D eigenvalue weighted by molar-refractivity contribution is -0.394. The average Bonchev–Trinajstić information content (AvgIpc) is 2.80. The maximum atomic E-state index is 10.7. The number of hydrogen-bond acceptors (Lipinski definition) is 6.